The van der Waals surface area contributed by atoms with Gasteiger partial charge in [0.25, 0.3) is 5.91 Å². The summed E-state index contributed by atoms with van der Waals surface area (Å²) in [6.07, 6.45) is 3.35. The van der Waals surface area contributed by atoms with Gasteiger partial charge in [-0.15, -0.1) is 0 Å². The summed E-state index contributed by atoms with van der Waals surface area (Å²) in [6, 6.07) is 13.7. The van der Waals surface area contributed by atoms with Crippen molar-refractivity contribution in [3.05, 3.63) is 64.7 Å². The summed E-state index contributed by atoms with van der Waals surface area (Å²) in [5, 5.41) is 3.09. The Morgan fingerprint density at radius 2 is 1.69 bits per heavy atom. The number of aryl methyl sites for hydroxylation is 2. The highest BCUT2D eigenvalue weighted by molar-refractivity contribution is 6.05. The molecule has 0 aromatic heterocycles. The number of likely N-dealkylation sites (tertiary alicyclic amines) is 1. The number of hydrogen-bond acceptors (Lipinski definition) is 2. The number of benzene rings is 2. The zero-order chi connectivity index (χ0) is 18.5. The lowest BCUT2D eigenvalue weighted by Gasteiger charge is -2.16. The molecule has 0 spiro atoms. The van der Waals surface area contributed by atoms with Gasteiger partial charge in [0.15, 0.2) is 0 Å². The van der Waals surface area contributed by atoms with Crippen molar-refractivity contribution in [2.24, 2.45) is 0 Å². The summed E-state index contributed by atoms with van der Waals surface area (Å²) in [4.78, 5) is 26.3. The molecule has 0 radical (unpaired) electrons. The zero-order valence-electron chi connectivity index (χ0n) is 15.5. The van der Waals surface area contributed by atoms with Crippen LogP contribution in [0.2, 0.25) is 0 Å². The molecule has 2 aromatic carbocycles. The molecular formula is C22H26N2O2. The van der Waals surface area contributed by atoms with E-state index in [1.807, 2.05) is 35.2 Å². The van der Waals surface area contributed by atoms with E-state index in [4.69, 9.17) is 0 Å². The molecule has 0 bridgehead atoms. The van der Waals surface area contributed by atoms with E-state index in [-0.39, 0.29) is 11.8 Å². The van der Waals surface area contributed by atoms with Crippen LogP contribution in [0, 0.1) is 0 Å². The molecule has 0 unspecified atom stereocenters. The van der Waals surface area contributed by atoms with Crippen LogP contribution in [0.1, 0.15) is 53.7 Å². The number of anilines is 1. The van der Waals surface area contributed by atoms with Crippen LogP contribution in [0.15, 0.2) is 42.5 Å². The highest BCUT2D eigenvalue weighted by atomic mass is 16.2. The highest BCUT2D eigenvalue weighted by Gasteiger charge is 2.20. The summed E-state index contributed by atoms with van der Waals surface area (Å²) < 4.78 is 0. The lowest BCUT2D eigenvalue weighted by molar-refractivity contribution is -0.128. The van der Waals surface area contributed by atoms with E-state index in [0.29, 0.717) is 18.5 Å². The first-order chi connectivity index (χ1) is 12.6. The van der Waals surface area contributed by atoms with Gasteiger partial charge in [-0.25, -0.2) is 0 Å². The summed E-state index contributed by atoms with van der Waals surface area (Å²) in [7, 11) is 0. The number of hydrogen-bond donors (Lipinski definition) is 1. The molecule has 3 rings (SSSR count). The number of nitrogens with one attached hydrogen (secondary N) is 1. The first-order valence-electron chi connectivity index (χ1n) is 9.41. The Hall–Kier alpha value is -2.62. The van der Waals surface area contributed by atoms with Crippen molar-refractivity contribution in [3.63, 3.8) is 0 Å². The zero-order valence-corrected chi connectivity index (χ0v) is 15.5. The maximum atomic E-state index is 12.7. The number of nitrogens with zero attached hydrogens (tertiary/aromatic N) is 1. The normalized spacial score (nSPS) is 13.9. The average Bonchev–Trinajstić information content (AvgIpc) is 3.07. The minimum atomic E-state index is -0.0931. The molecule has 0 aliphatic carbocycles. The molecule has 1 N–H and O–H groups in total. The van der Waals surface area contributed by atoms with Crippen molar-refractivity contribution in [1.29, 1.82) is 0 Å². The second kappa shape index (κ2) is 8.17. The second-order valence-corrected chi connectivity index (χ2v) is 6.73. The van der Waals surface area contributed by atoms with E-state index >= 15 is 0 Å². The monoisotopic (exact) mass is 350 g/mol. The number of rotatable bonds is 6. The van der Waals surface area contributed by atoms with Crippen LogP contribution in [0.4, 0.5) is 5.69 Å². The molecule has 2 amide bonds. The van der Waals surface area contributed by atoms with Crippen LogP contribution < -0.4 is 5.32 Å². The minimum Gasteiger partial charge on any atom is -0.338 e. The van der Waals surface area contributed by atoms with Gasteiger partial charge in [0.05, 0.1) is 0 Å². The van der Waals surface area contributed by atoms with Crippen molar-refractivity contribution in [3.8, 4) is 0 Å². The third kappa shape index (κ3) is 3.96. The minimum absolute atomic E-state index is 0.0931. The predicted octanol–water partition coefficient (Wildman–Crippen LogP) is 4.19. The Kier molecular flexibility index (Phi) is 5.71. The van der Waals surface area contributed by atoms with Gasteiger partial charge in [-0.1, -0.05) is 44.2 Å². The standard InChI is InChI=1S/C22H26N2O2/c1-3-17-7-5-8-18(4-2)21(17)23-22(26)19-12-10-16(11-13-19)15-24-14-6-9-20(24)25/h5,7-8,10-13H,3-4,6,9,14-15H2,1-2H3,(H,23,26). The van der Waals surface area contributed by atoms with E-state index in [0.717, 1.165) is 48.2 Å². The number of carbonyl (C=O) groups is 2. The predicted molar refractivity (Wildman–Crippen MR) is 104 cm³/mol. The molecule has 0 atom stereocenters. The van der Waals surface area contributed by atoms with Crippen LogP contribution in [-0.2, 0) is 24.2 Å². The van der Waals surface area contributed by atoms with Gasteiger partial charge < -0.3 is 10.2 Å². The molecule has 1 aliphatic rings. The van der Waals surface area contributed by atoms with Gasteiger partial charge in [0.2, 0.25) is 5.91 Å². The van der Waals surface area contributed by atoms with Crippen LogP contribution in [0.3, 0.4) is 0 Å². The summed E-state index contributed by atoms with van der Waals surface area (Å²) in [5.74, 6) is 0.125. The largest absolute Gasteiger partial charge is 0.338 e. The summed E-state index contributed by atoms with van der Waals surface area (Å²) in [5.41, 5.74) is 4.94. The van der Waals surface area contributed by atoms with Gasteiger partial charge in [0.1, 0.15) is 0 Å². The van der Waals surface area contributed by atoms with E-state index in [1.165, 1.54) is 0 Å². The fraction of sp³-hybridized carbons (Fsp3) is 0.364. The van der Waals surface area contributed by atoms with Gasteiger partial charge >= 0.3 is 0 Å². The second-order valence-electron chi connectivity index (χ2n) is 6.73. The van der Waals surface area contributed by atoms with Crippen molar-refractivity contribution in [1.82, 2.24) is 4.90 Å². The fourth-order valence-corrected chi connectivity index (χ4v) is 3.44. The Bertz CT molecular complexity index is 774. The van der Waals surface area contributed by atoms with Crippen LogP contribution in [0.5, 0.6) is 0 Å². The first kappa shape index (κ1) is 18.2. The van der Waals surface area contributed by atoms with Gasteiger partial charge in [-0.2, -0.15) is 0 Å². The van der Waals surface area contributed by atoms with E-state index in [1.54, 1.807) is 0 Å². The molecule has 1 heterocycles. The van der Waals surface area contributed by atoms with Crippen LogP contribution in [0.25, 0.3) is 0 Å². The number of carbonyl (C=O) groups excluding carboxylic acids is 2. The van der Waals surface area contributed by atoms with E-state index < -0.39 is 0 Å². The fourth-order valence-electron chi connectivity index (χ4n) is 3.44. The molecule has 0 saturated carbocycles. The van der Waals surface area contributed by atoms with Crippen molar-refractivity contribution in [2.45, 2.75) is 46.1 Å². The first-order valence-corrected chi connectivity index (χ1v) is 9.41. The Labute approximate surface area is 155 Å². The smallest absolute Gasteiger partial charge is 0.255 e. The molecule has 2 aromatic rings. The van der Waals surface area contributed by atoms with Crippen molar-refractivity contribution in [2.75, 3.05) is 11.9 Å². The van der Waals surface area contributed by atoms with Gasteiger partial charge in [0, 0.05) is 30.8 Å². The molecule has 1 aliphatic heterocycles. The summed E-state index contributed by atoms with van der Waals surface area (Å²) >= 11 is 0. The van der Waals surface area contributed by atoms with Crippen LogP contribution >= 0.6 is 0 Å². The van der Waals surface area contributed by atoms with Crippen molar-refractivity contribution >= 4 is 17.5 Å². The Morgan fingerprint density at radius 3 is 2.23 bits per heavy atom. The number of amides is 2. The summed E-state index contributed by atoms with van der Waals surface area (Å²) in [6.45, 7) is 5.64. The highest BCUT2D eigenvalue weighted by Crippen LogP contribution is 2.23. The molecule has 136 valence electrons. The molecular weight excluding hydrogens is 324 g/mol. The number of para-hydroxylation sites is 1. The lowest BCUT2D eigenvalue weighted by Crippen LogP contribution is -2.23. The van der Waals surface area contributed by atoms with Crippen LogP contribution in [-0.4, -0.2) is 23.3 Å². The SMILES string of the molecule is CCc1cccc(CC)c1NC(=O)c1ccc(CN2CCCC2=O)cc1. The molecule has 1 fully saturated rings. The van der Waals surface area contributed by atoms with Gasteiger partial charge in [-0.05, 0) is 48.1 Å². The van der Waals surface area contributed by atoms with E-state index in [9.17, 15) is 9.59 Å². The Balaban J connectivity index is 1.72. The topological polar surface area (TPSA) is 49.4 Å². The average molecular weight is 350 g/mol. The van der Waals surface area contributed by atoms with Crippen molar-refractivity contribution < 1.29 is 9.59 Å². The molecule has 1 saturated heterocycles. The Morgan fingerprint density at radius 1 is 1.04 bits per heavy atom. The molecule has 4 nitrogen and oxygen atoms in total. The molecule has 4 heteroatoms. The third-order valence-corrected chi connectivity index (χ3v) is 5.00. The maximum absolute atomic E-state index is 12.7. The van der Waals surface area contributed by atoms with Gasteiger partial charge in [-0.3, -0.25) is 9.59 Å². The molecule has 26 heavy (non-hydrogen) atoms. The van der Waals surface area contributed by atoms with E-state index in [2.05, 4.69) is 31.3 Å². The maximum Gasteiger partial charge on any atom is 0.255 e. The third-order valence-electron chi connectivity index (χ3n) is 5.00. The lowest BCUT2D eigenvalue weighted by atomic mass is 10.0. The quantitative estimate of drug-likeness (QED) is 0.849.